The molecule has 118 valence electrons. The van der Waals surface area contributed by atoms with Crippen LogP contribution >= 0.6 is 0 Å². The summed E-state index contributed by atoms with van der Waals surface area (Å²) in [6.07, 6.45) is 0.354. The first-order chi connectivity index (χ1) is 10.4. The molecule has 1 aromatic rings. The lowest BCUT2D eigenvalue weighted by Gasteiger charge is -2.07. The van der Waals surface area contributed by atoms with Gasteiger partial charge in [-0.2, -0.15) is 5.10 Å². The summed E-state index contributed by atoms with van der Waals surface area (Å²) < 4.78 is 33.3. The molecule has 0 spiro atoms. The molecule has 1 saturated heterocycles. The van der Waals surface area contributed by atoms with Gasteiger partial charge in [0.15, 0.2) is 21.3 Å². The minimum Gasteiger partial charge on any atom is -0.454 e. The number of hydrogen-bond donors (Lipinski definition) is 1. The van der Waals surface area contributed by atoms with Crippen LogP contribution in [0.5, 0.6) is 11.5 Å². The summed E-state index contributed by atoms with van der Waals surface area (Å²) in [5.74, 6) is 0.407. The van der Waals surface area contributed by atoms with Crippen LogP contribution in [-0.2, 0) is 14.6 Å². The normalized spacial score (nSPS) is 22.6. The molecule has 0 radical (unpaired) electrons. The van der Waals surface area contributed by atoms with Crippen molar-refractivity contribution in [3.05, 3.63) is 23.8 Å². The number of ether oxygens (including phenoxy) is 2. The Bertz CT molecular complexity index is 742. The van der Waals surface area contributed by atoms with Crippen LogP contribution in [0.4, 0.5) is 0 Å². The van der Waals surface area contributed by atoms with Crippen molar-refractivity contribution in [1.29, 1.82) is 0 Å². The lowest BCUT2D eigenvalue weighted by Crippen LogP contribution is -2.28. The lowest BCUT2D eigenvalue weighted by atomic mass is 10.1. The first-order valence-electron chi connectivity index (χ1n) is 6.89. The SMILES string of the molecule is C/C(=N/NC(=O)[C@@H]1CCS(=O)(=O)C1)c1ccc2c(c1)OCO2. The molecule has 7 nitrogen and oxygen atoms in total. The number of rotatable bonds is 3. The molecule has 1 fully saturated rings. The van der Waals surface area contributed by atoms with Crippen LogP contribution in [0, 0.1) is 5.92 Å². The van der Waals surface area contributed by atoms with Gasteiger partial charge < -0.3 is 9.47 Å². The Kier molecular flexibility index (Phi) is 3.78. The van der Waals surface area contributed by atoms with Gasteiger partial charge in [0.2, 0.25) is 12.7 Å². The van der Waals surface area contributed by atoms with E-state index in [0.717, 1.165) is 5.56 Å². The molecule has 1 amide bonds. The van der Waals surface area contributed by atoms with E-state index in [0.29, 0.717) is 23.6 Å². The predicted molar refractivity (Wildman–Crippen MR) is 79.7 cm³/mol. The van der Waals surface area contributed by atoms with Crippen molar-refractivity contribution in [2.24, 2.45) is 11.0 Å². The van der Waals surface area contributed by atoms with E-state index >= 15 is 0 Å². The van der Waals surface area contributed by atoms with Gasteiger partial charge in [-0.3, -0.25) is 4.79 Å². The van der Waals surface area contributed by atoms with Gasteiger partial charge in [-0.05, 0) is 31.5 Å². The molecular weight excluding hydrogens is 308 g/mol. The first kappa shape index (κ1) is 14.8. The molecule has 2 heterocycles. The Morgan fingerprint density at radius 2 is 2.09 bits per heavy atom. The molecule has 0 unspecified atom stereocenters. The van der Waals surface area contributed by atoms with Gasteiger partial charge in [0.1, 0.15) is 0 Å². The van der Waals surface area contributed by atoms with E-state index in [-0.39, 0.29) is 24.2 Å². The summed E-state index contributed by atoms with van der Waals surface area (Å²) in [7, 11) is -3.08. The van der Waals surface area contributed by atoms with E-state index < -0.39 is 15.8 Å². The maximum absolute atomic E-state index is 11.9. The summed E-state index contributed by atoms with van der Waals surface area (Å²) in [5, 5.41) is 4.04. The molecule has 2 aliphatic rings. The molecule has 0 bridgehead atoms. The third kappa shape index (κ3) is 3.06. The molecular formula is C14H16N2O5S. The first-order valence-corrected chi connectivity index (χ1v) is 8.71. The number of carbonyl (C=O) groups excluding carboxylic acids is 1. The molecule has 8 heteroatoms. The summed E-state index contributed by atoms with van der Waals surface area (Å²) in [5.41, 5.74) is 3.84. The minimum atomic E-state index is -3.08. The van der Waals surface area contributed by atoms with Gasteiger partial charge in [-0.25, -0.2) is 13.8 Å². The Labute approximate surface area is 128 Å². The highest BCUT2D eigenvalue weighted by Gasteiger charge is 2.32. The van der Waals surface area contributed by atoms with Crippen LogP contribution in [0.2, 0.25) is 0 Å². The fourth-order valence-corrected chi connectivity index (χ4v) is 4.16. The van der Waals surface area contributed by atoms with Crippen LogP contribution in [0.25, 0.3) is 0 Å². The number of nitrogens with zero attached hydrogens (tertiary/aromatic N) is 1. The van der Waals surface area contributed by atoms with Crippen molar-refractivity contribution in [3.63, 3.8) is 0 Å². The van der Waals surface area contributed by atoms with Crippen LogP contribution in [0.3, 0.4) is 0 Å². The standard InChI is InChI=1S/C14H16N2O5S/c1-9(10-2-3-12-13(6-10)21-8-20-12)15-16-14(17)11-4-5-22(18,19)7-11/h2-3,6,11H,4-5,7-8H2,1H3,(H,16,17)/b15-9-/t11-/m1/s1. The highest BCUT2D eigenvalue weighted by atomic mass is 32.2. The molecule has 3 rings (SSSR count). The summed E-state index contributed by atoms with van der Waals surface area (Å²) >= 11 is 0. The minimum absolute atomic E-state index is 0.0654. The number of amides is 1. The number of fused-ring (bicyclic) bond motifs is 1. The fourth-order valence-electron chi connectivity index (χ4n) is 2.42. The molecule has 22 heavy (non-hydrogen) atoms. The Morgan fingerprint density at radius 1 is 1.32 bits per heavy atom. The zero-order valence-corrected chi connectivity index (χ0v) is 12.9. The Balaban J connectivity index is 1.66. The van der Waals surface area contributed by atoms with Crippen LogP contribution < -0.4 is 14.9 Å². The van der Waals surface area contributed by atoms with E-state index in [4.69, 9.17) is 9.47 Å². The second-order valence-electron chi connectivity index (χ2n) is 5.34. The van der Waals surface area contributed by atoms with Crippen molar-refractivity contribution in [1.82, 2.24) is 5.43 Å². The zero-order chi connectivity index (χ0) is 15.7. The monoisotopic (exact) mass is 324 g/mol. The third-order valence-corrected chi connectivity index (χ3v) is 5.50. The maximum atomic E-state index is 11.9. The number of carbonyl (C=O) groups is 1. The van der Waals surface area contributed by atoms with Crippen LogP contribution in [0.1, 0.15) is 18.9 Å². The number of benzene rings is 1. The number of nitrogens with one attached hydrogen (secondary N) is 1. The van der Waals surface area contributed by atoms with Crippen LogP contribution in [-0.4, -0.2) is 38.3 Å². The van der Waals surface area contributed by atoms with E-state index in [9.17, 15) is 13.2 Å². The summed E-state index contributed by atoms with van der Waals surface area (Å²) in [4.78, 5) is 11.9. The molecule has 0 aromatic heterocycles. The highest BCUT2D eigenvalue weighted by molar-refractivity contribution is 7.91. The van der Waals surface area contributed by atoms with Crippen molar-refractivity contribution in [2.75, 3.05) is 18.3 Å². The molecule has 0 saturated carbocycles. The Morgan fingerprint density at radius 3 is 2.82 bits per heavy atom. The number of sulfone groups is 1. The second kappa shape index (κ2) is 5.60. The predicted octanol–water partition coefficient (Wildman–Crippen LogP) is 0.690. The van der Waals surface area contributed by atoms with Gasteiger partial charge in [0.05, 0.1) is 23.1 Å². The van der Waals surface area contributed by atoms with Crippen LogP contribution in [0.15, 0.2) is 23.3 Å². The average Bonchev–Trinajstić information content (AvgIpc) is 3.09. The summed E-state index contributed by atoms with van der Waals surface area (Å²) in [6, 6.07) is 5.38. The Hall–Kier alpha value is -2.09. The van der Waals surface area contributed by atoms with Gasteiger partial charge in [0.25, 0.3) is 0 Å². The van der Waals surface area contributed by atoms with E-state index in [2.05, 4.69) is 10.5 Å². The number of hydrazone groups is 1. The smallest absolute Gasteiger partial charge is 0.244 e. The van der Waals surface area contributed by atoms with Gasteiger partial charge >= 0.3 is 0 Å². The molecule has 1 N–H and O–H groups in total. The van der Waals surface area contributed by atoms with Gasteiger partial charge in [-0.15, -0.1) is 0 Å². The zero-order valence-electron chi connectivity index (χ0n) is 12.0. The van der Waals surface area contributed by atoms with Gasteiger partial charge in [-0.1, -0.05) is 0 Å². The van der Waals surface area contributed by atoms with Crippen molar-refractivity contribution in [2.45, 2.75) is 13.3 Å². The summed E-state index contributed by atoms with van der Waals surface area (Å²) in [6.45, 7) is 1.95. The maximum Gasteiger partial charge on any atom is 0.244 e. The van der Waals surface area contributed by atoms with Crippen molar-refractivity contribution in [3.8, 4) is 11.5 Å². The van der Waals surface area contributed by atoms with Crippen molar-refractivity contribution >= 4 is 21.5 Å². The highest BCUT2D eigenvalue weighted by Crippen LogP contribution is 2.32. The van der Waals surface area contributed by atoms with E-state index in [1.54, 1.807) is 19.1 Å². The fraction of sp³-hybridized carbons (Fsp3) is 0.429. The second-order valence-corrected chi connectivity index (χ2v) is 7.57. The largest absolute Gasteiger partial charge is 0.454 e. The van der Waals surface area contributed by atoms with E-state index in [1.165, 1.54) is 0 Å². The lowest BCUT2D eigenvalue weighted by molar-refractivity contribution is -0.124. The van der Waals surface area contributed by atoms with Crippen molar-refractivity contribution < 1.29 is 22.7 Å². The molecule has 1 atom stereocenters. The third-order valence-electron chi connectivity index (χ3n) is 3.73. The number of hydrogen-bond acceptors (Lipinski definition) is 6. The molecule has 1 aromatic carbocycles. The van der Waals surface area contributed by atoms with Gasteiger partial charge in [0, 0.05) is 5.56 Å². The molecule has 0 aliphatic carbocycles. The quantitative estimate of drug-likeness (QED) is 0.652. The van der Waals surface area contributed by atoms with E-state index in [1.807, 2.05) is 6.07 Å². The topological polar surface area (TPSA) is 94.1 Å². The molecule has 2 aliphatic heterocycles. The average molecular weight is 324 g/mol.